The maximum atomic E-state index is 13.6. The van der Waals surface area contributed by atoms with Crippen molar-refractivity contribution in [1.82, 2.24) is 8.68 Å². The van der Waals surface area contributed by atoms with Crippen LogP contribution < -0.4 is 27.6 Å². The molecule has 4 heterocycles. The Morgan fingerprint density at radius 3 is 1.72 bits per heavy atom. The predicted octanol–water partition coefficient (Wildman–Crippen LogP) is 11.8. The summed E-state index contributed by atoms with van der Waals surface area (Å²) in [6.45, 7) is 10.00. The van der Waals surface area contributed by atoms with E-state index in [4.69, 9.17) is 27.6 Å². The summed E-state index contributed by atoms with van der Waals surface area (Å²) in [4.78, 5) is 13.6. The molecular formula is C46H44N2O7P2. The summed E-state index contributed by atoms with van der Waals surface area (Å²) in [6, 6.07) is 28.0. The van der Waals surface area contributed by atoms with Gasteiger partial charge in [-0.25, -0.2) is 0 Å². The van der Waals surface area contributed by atoms with Gasteiger partial charge in [0, 0.05) is 53.1 Å². The molecule has 0 radical (unpaired) electrons. The first kappa shape index (κ1) is 38.1. The number of para-hydroxylation sites is 2. The summed E-state index contributed by atoms with van der Waals surface area (Å²) in [5, 5.41) is 0. The van der Waals surface area contributed by atoms with Crippen molar-refractivity contribution < 1.29 is 32.4 Å². The highest BCUT2D eigenvalue weighted by atomic mass is 31.2. The fourth-order valence-electron chi connectivity index (χ4n) is 7.38. The molecule has 0 saturated carbocycles. The number of carbonyl (C=O) groups is 1. The molecule has 2 aliphatic heterocycles. The van der Waals surface area contributed by atoms with Gasteiger partial charge in [0.25, 0.3) is 0 Å². The molecule has 0 spiro atoms. The van der Waals surface area contributed by atoms with Crippen LogP contribution in [0.2, 0.25) is 0 Å². The zero-order valence-electron chi connectivity index (χ0n) is 32.7. The van der Waals surface area contributed by atoms with E-state index in [1.165, 1.54) is 6.08 Å². The standard InChI is InChI=1S/C46H44N2O7P2/c1-7-15-32-24-36(45(27-30(32)8-2)54-56-47-22-20-43(50-5)38(47)25-33-16-11-13-18-41(33)52-56)37-29-35(40(49)10-4)31(9-3)28-46(37)55-57-48-23-21-44(51-6)39(48)26-34-17-12-14-19-42(34)53-57/h7,10-24,27-29H,4,8-9,25-26H2,1-3,5-6H3/b15-7+. The Hall–Kier alpha value is -5.75. The van der Waals surface area contributed by atoms with Crippen LogP contribution in [-0.2, 0) is 25.7 Å². The molecule has 0 N–H and O–H groups in total. The van der Waals surface area contributed by atoms with Crippen LogP contribution in [0.15, 0.2) is 116 Å². The predicted molar refractivity (Wildman–Crippen MR) is 227 cm³/mol. The van der Waals surface area contributed by atoms with E-state index in [9.17, 15) is 4.79 Å². The quantitative estimate of drug-likeness (QED) is 0.0692. The van der Waals surface area contributed by atoms with Crippen LogP contribution in [0.5, 0.6) is 34.5 Å². The average molecular weight is 799 g/mol. The molecule has 0 amide bonds. The number of nitrogens with zero attached hydrogens (tertiary/aromatic N) is 2. The van der Waals surface area contributed by atoms with Crippen LogP contribution in [-0.4, -0.2) is 28.7 Å². The monoisotopic (exact) mass is 798 g/mol. The molecule has 4 aromatic carbocycles. The number of hydrogen-bond donors (Lipinski definition) is 0. The van der Waals surface area contributed by atoms with Crippen molar-refractivity contribution in [3.8, 4) is 45.6 Å². The number of methoxy groups -OCH3 is 2. The fourth-order valence-corrected chi connectivity index (χ4v) is 10.2. The van der Waals surface area contributed by atoms with E-state index in [1.807, 2.05) is 102 Å². The van der Waals surface area contributed by atoms with Crippen molar-refractivity contribution >= 4 is 28.9 Å². The third-order valence-corrected chi connectivity index (χ3v) is 13.2. The lowest BCUT2D eigenvalue weighted by Gasteiger charge is -2.25. The second-order valence-electron chi connectivity index (χ2n) is 13.6. The number of fused-ring (bicyclic) bond motifs is 4. The van der Waals surface area contributed by atoms with E-state index in [2.05, 4.69) is 43.8 Å². The molecule has 11 heteroatoms. The normalized spacial score (nSPS) is 15.5. The van der Waals surface area contributed by atoms with Crippen molar-refractivity contribution in [2.75, 3.05) is 14.2 Å². The van der Waals surface area contributed by atoms with Gasteiger partial charge in [0.05, 0.1) is 25.6 Å². The smallest absolute Gasteiger partial charge is 0.421 e. The number of carbonyl (C=O) groups excluding carboxylic acids is 1. The van der Waals surface area contributed by atoms with Crippen LogP contribution in [0.4, 0.5) is 0 Å². The molecule has 57 heavy (non-hydrogen) atoms. The maximum absolute atomic E-state index is 13.6. The SMILES string of the molecule is C=CC(=O)c1cc(-c2cc(/C=C/C)c(CC)cc2OP2Oc3ccccc3Cc3c(OC)ccn32)c(OP2Oc3ccccc3Cc3c(OC)ccn32)cc1CC. The Balaban J connectivity index is 1.33. The number of allylic oxidation sites excluding steroid dienone is 2. The van der Waals surface area contributed by atoms with Gasteiger partial charge in [-0.3, -0.25) is 13.5 Å². The zero-order chi connectivity index (χ0) is 39.6. The van der Waals surface area contributed by atoms with Crippen molar-refractivity contribution in [3.63, 3.8) is 0 Å². The van der Waals surface area contributed by atoms with Gasteiger partial charge in [-0.15, -0.1) is 0 Å². The Bertz CT molecular complexity index is 2520. The van der Waals surface area contributed by atoms with Crippen LogP contribution in [0.1, 0.15) is 70.3 Å². The van der Waals surface area contributed by atoms with Gasteiger partial charge in [0.15, 0.2) is 5.78 Å². The molecule has 9 nitrogen and oxygen atoms in total. The van der Waals surface area contributed by atoms with Crippen molar-refractivity contribution in [2.24, 2.45) is 0 Å². The van der Waals surface area contributed by atoms with E-state index in [0.29, 0.717) is 41.9 Å². The molecule has 2 aliphatic rings. The number of hydrogen-bond acceptors (Lipinski definition) is 7. The molecule has 0 fully saturated rings. The van der Waals surface area contributed by atoms with E-state index in [0.717, 1.165) is 74.2 Å². The molecule has 2 unspecified atom stereocenters. The number of ether oxygens (including phenoxy) is 2. The highest BCUT2D eigenvalue weighted by Crippen LogP contribution is 2.54. The number of ketones is 1. The Morgan fingerprint density at radius 1 is 0.719 bits per heavy atom. The van der Waals surface area contributed by atoms with E-state index >= 15 is 0 Å². The maximum Gasteiger partial charge on any atom is 0.421 e. The van der Waals surface area contributed by atoms with Crippen LogP contribution in [0, 0.1) is 0 Å². The highest BCUT2D eigenvalue weighted by Gasteiger charge is 2.33. The molecule has 0 bridgehead atoms. The largest absolute Gasteiger partial charge is 0.495 e. The molecule has 0 saturated heterocycles. The average Bonchev–Trinajstić information content (AvgIpc) is 3.75. The van der Waals surface area contributed by atoms with Crippen molar-refractivity contribution in [3.05, 3.63) is 161 Å². The first-order valence-electron chi connectivity index (χ1n) is 19.0. The molecule has 0 aliphatic carbocycles. The number of aromatic nitrogens is 2. The highest BCUT2D eigenvalue weighted by molar-refractivity contribution is 7.46. The Kier molecular flexibility index (Phi) is 11.0. The summed E-state index contributed by atoms with van der Waals surface area (Å²) in [6.07, 6.45) is 12.0. The van der Waals surface area contributed by atoms with Gasteiger partial charge in [0.1, 0.15) is 34.5 Å². The summed E-state index contributed by atoms with van der Waals surface area (Å²) < 4.78 is 43.4. The van der Waals surface area contributed by atoms with Crippen molar-refractivity contribution in [1.29, 1.82) is 0 Å². The lowest BCUT2D eigenvalue weighted by atomic mass is 9.91. The van der Waals surface area contributed by atoms with Crippen LogP contribution in [0.25, 0.3) is 17.2 Å². The first-order chi connectivity index (χ1) is 27.9. The molecule has 6 aromatic rings. The van der Waals surface area contributed by atoms with Crippen molar-refractivity contribution in [2.45, 2.75) is 46.5 Å². The topological polar surface area (TPSA) is 82.3 Å². The molecule has 2 aromatic heterocycles. The van der Waals surface area contributed by atoms with Gasteiger partial charge in [0.2, 0.25) is 0 Å². The Morgan fingerprint density at radius 2 is 1.23 bits per heavy atom. The van der Waals surface area contributed by atoms with Gasteiger partial charge in [-0.2, -0.15) is 0 Å². The Labute approximate surface area is 336 Å². The van der Waals surface area contributed by atoms with Crippen LogP contribution >= 0.6 is 17.1 Å². The summed E-state index contributed by atoms with van der Waals surface area (Å²) >= 11 is 0. The molecule has 2 atom stereocenters. The minimum absolute atomic E-state index is 0.180. The van der Waals surface area contributed by atoms with Gasteiger partial charge in [-0.05, 0) is 91.1 Å². The second-order valence-corrected chi connectivity index (χ2v) is 16.1. The minimum atomic E-state index is -1.79. The number of benzene rings is 4. The second kappa shape index (κ2) is 16.4. The molecule has 290 valence electrons. The van der Waals surface area contributed by atoms with E-state index in [1.54, 1.807) is 14.2 Å². The van der Waals surface area contributed by atoms with Gasteiger partial charge >= 0.3 is 17.1 Å². The number of aryl methyl sites for hydroxylation is 2. The van der Waals surface area contributed by atoms with Gasteiger partial charge < -0.3 is 27.6 Å². The minimum Gasteiger partial charge on any atom is -0.495 e. The molecule has 8 rings (SSSR count). The lowest BCUT2D eigenvalue weighted by Crippen LogP contribution is -2.09. The fraction of sp³-hybridized carbons (Fsp3) is 0.196. The third kappa shape index (κ3) is 7.22. The lowest BCUT2D eigenvalue weighted by molar-refractivity contribution is 0.104. The van der Waals surface area contributed by atoms with Gasteiger partial charge in [-0.1, -0.05) is 69.0 Å². The van der Waals surface area contributed by atoms with E-state index < -0.39 is 17.1 Å². The first-order valence-corrected chi connectivity index (χ1v) is 21.2. The number of rotatable bonds is 12. The molecular weight excluding hydrogens is 754 g/mol. The zero-order valence-corrected chi connectivity index (χ0v) is 34.4. The summed E-state index contributed by atoms with van der Waals surface area (Å²) in [5.74, 6) is 3.95. The summed E-state index contributed by atoms with van der Waals surface area (Å²) in [7, 11) is -0.214. The summed E-state index contributed by atoms with van der Waals surface area (Å²) in [5.41, 5.74) is 8.85. The van der Waals surface area contributed by atoms with E-state index in [-0.39, 0.29) is 5.78 Å². The third-order valence-electron chi connectivity index (χ3n) is 10.3. The van der Waals surface area contributed by atoms with Crippen LogP contribution in [0.3, 0.4) is 0 Å².